The number of benzene rings is 2. The second-order valence-corrected chi connectivity index (χ2v) is 7.30. The topological polar surface area (TPSA) is 38.1 Å². The van der Waals surface area contributed by atoms with Crippen molar-refractivity contribution in [3.63, 3.8) is 0 Å². The van der Waals surface area contributed by atoms with E-state index in [1.54, 1.807) is 4.90 Å². The Morgan fingerprint density at radius 2 is 1.68 bits per heavy atom. The smallest absolute Gasteiger partial charge is 0.254 e. The molecule has 1 saturated heterocycles. The van der Waals surface area contributed by atoms with Crippen molar-refractivity contribution in [2.75, 3.05) is 13.1 Å². The Hall–Kier alpha value is -2.83. The fourth-order valence-electron chi connectivity index (χ4n) is 3.97. The molecule has 4 nitrogen and oxygen atoms in total. The van der Waals surface area contributed by atoms with E-state index in [4.69, 9.17) is 0 Å². The lowest BCUT2D eigenvalue weighted by Crippen LogP contribution is -2.39. The van der Waals surface area contributed by atoms with E-state index in [0.29, 0.717) is 25.9 Å². The summed E-state index contributed by atoms with van der Waals surface area (Å²) in [5.41, 5.74) is 3.00. The van der Waals surface area contributed by atoms with Crippen molar-refractivity contribution < 1.29 is 18.0 Å². The molecular weight excluding hydrogens is 367 g/mol. The first-order chi connectivity index (χ1) is 13.3. The molecule has 0 radical (unpaired) electrons. The highest BCUT2D eigenvalue weighted by Gasteiger charge is 2.27. The minimum Gasteiger partial charge on any atom is -0.338 e. The summed E-state index contributed by atoms with van der Waals surface area (Å²) in [5.74, 6) is -3.83. The molecule has 7 heteroatoms. The molecule has 1 aliphatic heterocycles. The number of aromatic nitrogens is 2. The van der Waals surface area contributed by atoms with Crippen molar-refractivity contribution in [1.29, 1.82) is 0 Å². The molecular formula is C21H20F3N3O. The monoisotopic (exact) mass is 387 g/mol. The third-order valence-electron chi connectivity index (χ3n) is 5.37. The quantitative estimate of drug-likeness (QED) is 0.605. The summed E-state index contributed by atoms with van der Waals surface area (Å²) in [7, 11) is 0. The Labute approximate surface area is 160 Å². The van der Waals surface area contributed by atoms with Crippen LogP contribution in [0.2, 0.25) is 0 Å². The molecule has 2 aromatic carbocycles. The van der Waals surface area contributed by atoms with Gasteiger partial charge in [-0.2, -0.15) is 0 Å². The largest absolute Gasteiger partial charge is 0.338 e. The summed E-state index contributed by atoms with van der Waals surface area (Å²) in [5, 5.41) is 0. The molecule has 1 aliphatic rings. The Morgan fingerprint density at radius 3 is 2.32 bits per heavy atom. The van der Waals surface area contributed by atoms with Gasteiger partial charge in [0, 0.05) is 24.7 Å². The van der Waals surface area contributed by atoms with Crippen LogP contribution in [-0.2, 0) is 0 Å². The number of likely N-dealkylation sites (tertiary alicyclic amines) is 1. The maximum absolute atomic E-state index is 13.4. The number of nitrogens with zero attached hydrogens (tertiary/aromatic N) is 3. The number of piperidine rings is 1. The van der Waals surface area contributed by atoms with E-state index in [1.807, 2.05) is 26.0 Å². The summed E-state index contributed by atoms with van der Waals surface area (Å²) in [4.78, 5) is 18.8. The van der Waals surface area contributed by atoms with E-state index in [2.05, 4.69) is 15.6 Å². The lowest BCUT2D eigenvalue weighted by Gasteiger charge is -2.33. The Balaban J connectivity index is 1.53. The Bertz CT molecular complexity index is 1050. The predicted octanol–water partition coefficient (Wildman–Crippen LogP) is 4.55. The van der Waals surface area contributed by atoms with Crippen LogP contribution in [0, 0.1) is 31.3 Å². The van der Waals surface area contributed by atoms with Gasteiger partial charge in [-0.1, -0.05) is 6.07 Å². The van der Waals surface area contributed by atoms with Gasteiger partial charge in [0.15, 0.2) is 17.5 Å². The van der Waals surface area contributed by atoms with E-state index in [1.165, 1.54) is 0 Å². The number of rotatable bonds is 2. The fourth-order valence-corrected chi connectivity index (χ4v) is 3.97. The molecule has 3 aromatic rings. The zero-order valence-electron chi connectivity index (χ0n) is 15.7. The molecule has 0 N–H and O–H groups in total. The van der Waals surface area contributed by atoms with Gasteiger partial charge >= 0.3 is 0 Å². The van der Waals surface area contributed by atoms with Crippen LogP contribution in [0.15, 0.2) is 30.3 Å². The molecule has 0 bridgehead atoms. The highest BCUT2D eigenvalue weighted by molar-refractivity contribution is 5.94. The summed E-state index contributed by atoms with van der Waals surface area (Å²) in [6.07, 6.45) is 1.41. The molecule has 0 aliphatic carbocycles. The molecule has 0 spiro atoms. The first kappa shape index (κ1) is 18.5. The first-order valence-corrected chi connectivity index (χ1v) is 9.24. The highest BCUT2D eigenvalue weighted by atomic mass is 19.2. The van der Waals surface area contributed by atoms with Crippen molar-refractivity contribution in [3.8, 4) is 0 Å². The zero-order chi connectivity index (χ0) is 20.0. The highest BCUT2D eigenvalue weighted by Crippen LogP contribution is 2.30. The number of halogens is 3. The summed E-state index contributed by atoms with van der Waals surface area (Å²) >= 11 is 0. The van der Waals surface area contributed by atoms with E-state index < -0.39 is 23.4 Å². The number of amides is 1. The third-order valence-corrected chi connectivity index (χ3v) is 5.37. The van der Waals surface area contributed by atoms with Gasteiger partial charge in [-0.3, -0.25) is 4.79 Å². The number of carbonyl (C=O) groups excluding carboxylic acids is 1. The van der Waals surface area contributed by atoms with E-state index in [0.717, 1.165) is 34.6 Å². The van der Waals surface area contributed by atoms with Gasteiger partial charge in [-0.25, -0.2) is 18.2 Å². The normalized spacial score (nSPS) is 15.4. The third kappa shape index (κ3) is 3.15. The van der Waals surface area contributed by atoms with Gasteiger partial charge in [-0.15, -0.1) is 0 Å². The van der Waals surface area contributed by atoms with Crippen LogP contribution in [0.25, 0.3) is 11.0 Å². The molecule has 1 amide bonds. The minimum absolute atomic E-state index is 0.172. The maximum atomic E-state index is 13.4. The molecule has 1 aromatic heterocycles. The fraction of sp³-hybridized carbons (Fsp3) is 0.333. The van der Waals surface area contributed by atoms with Crippen molar-refractivity contribution in [3.05, 3.63) is 64.7 Å². The predicted molar refractivity (Wildman–Crippen MR) is 99.7 cm³/mol. The van der Waals surface area contributed by atoms with Crippen molar-refractivity contribution in [2.24, 2.45) is 0 Å². The van der Waals surface area contributed by atoms with Gasteiger partial charge in [-0.05, 0) is 56.5 Å². The van der Waals surface area contributed by atoms with Gasteiger partial charge in [0.05, 0.1) is 11.0 Å². The van der Waals surface area contributed by atoms with E-state index >= 15 is 0 Å². The molecule has 0 atom stereocenters. The lowest BCUT2D eigenvalue weighted by atomic mass is 10.0. The van der Waals surface area contributed by atoms with Crippen LogP contribution in [0.5, 0.6) is 0 Å². The van der Waals surface area contributed by atoms with Gasteiger partial charge in [0.2, 0.25) is 0 Å². The summed E-state index contributed by atoms with van der Waals surface area (Å²) in [6, 6.07) is 7.84. The van der Waals surface area contributed by atoms with Gasteiger partial charge in [0.25, 0.3) is 5.91 Å². The van der Waals surface area contributed by atoms with Crippen LogP contribution in [-0.4, -0.2) is 33.4 Å². The molecule has 0 unspecified atom stereocenters. The molecule has 28 heavy (non-hydrogen) atoms. The SMILES string of the molecule is Cc1ccc2nc(C)n(C3CCN(C(=O)c4cc(F)c(F)c(F)c4)CC3)c2c1. The van der Waals surface area contributed by atoms with Crippen molar-refractivity contribution in [1.82, 2.24) is 14.5 Å². The van der Waals surface area contributed by atoms with Crippen molar-refractivity contribution >= 4 is 16.9 Å². The number of imidazole rings is 1. The summed E-state index contributed by atoms with van der Waals surface area (Å²) < 4.78 is 42.2. The number of hydrogen-bond acceptors (Lipinski definition) is 2. The number of carbonyl (C=O) groups is 1. The minimum atomic E-state index is -1.56. The lowest BCUT2D eigenvalue weighted by molar-refractivity contribution is 0.0694. The first-order valence-electron chi connectivity index (χ1n) is 9.24. The Morgan fingerprint density at radius 1 is 1.04 bits per heavy atom. The van der Waals surface area contributed by atoms with Crippen LogP contribution in [0.3, 0.4) is 0 Å². The molecule has 146 valence electrons. The zero-order valence-corrected chi connectivity index (χ0v) is 15.7. The summed E-state index contributed by atoms with van der Waals surface area (Å²) in [6.45, 7) is 4.91. The van der Waals surface area contributed by atoms with Crippen LogP contribution in [0.4, 0.5) is 13.2 Å². The number of fused-ring (bicyclic) bond motifs is 1. The standard InChI is InChI=1S/C21H20F3N3O/c1-12-3-4-18-19(9-12)27(13(2)25-18)15-5-7-26(8-6-15)21(28)14-10-16(22)20(24)17(23)11-14/h3-4,9-11,15H,5-8H2,1-2H3. The molecule has 4 rings (SSSR count). The van der Waals surface area contributed by atoms with Crippen LogP contribution >= 0.6 is 0 Å². The maximum Gasteiger partial charge on any atom is 0.254 e. The average Bonchev–Trinajstić information content (AvgIpc) is 3.00. The second kappa shape index (κ2) is 6.96. The van der Waals surface area contributed by atoms with Crippen molar-refractivity contribution in [2.45, 2.75) is 32.7 Å². The number of hydrogen-bond donors (Lipinski definition) is 0. The van der Waals surface area contributed by atoms with Crippen LogP contribution < -0.4 is 0 Å². The van der Waals surface area contributed by atoms with E-state index in [9.17, 15) is 18.0 Å². The van der Waals surface area contributed by atoms with Crippen LogP contribution in [0.1, 0.15) is 40.6 Å². The van der Waals surface area contributed by atoms with E-state index in [-0.39, 0.29) is 11.6 Å². The second-order valence-electron chi connectivity index (χ2n) is 7.30. The number of aryl methyl sites for hydroxylation is 2. The molecule has 1 fully saturated rings. The molecule has 2 heterocycles. The molecule has 0 saturated carbocycles. The van der Waals surface area contributed by atoms with Gasteiger partial charge < -0.3 is 9.47 Å². The average molecular weight is 387 g/mol. The Kier molecular flexibility index (Phi) is 4.61. The van der Waals surface area contributed by atoms with Gasteiger partial charge in [0.1, 0.15) is 5.82 Å².